The van der Waals surface area contributed by atoms with Gasteiger partial charge >= 0.3 is 12.3 Å². The second-order valence-electron chi connectivity index (χ2n) is 6.01. The van der Waals surface area contributed by atoms with Gasteiger partial charge in [-0.25, -0.2) is 4.79 Å². The van der Waals surface area contributed by atoms with E-state index in [0.29, 0.717) is 0 Å². The Morgan fingerprint density at radius 1 is 1.07 bits per heavy atom. The zero-order chi connectivity index (χ0) is 21.7. The summed E-state index contributed by atoms with van der Waals surface area (Å²) in [6.45, 7) is 0. The van der Waals surface area contributed by atoms with Crippen LogP contribution in [-0.2, 0) is 11.2 Å². The minimum atomic E-state index is -4.82. The number of benzene rings is 2. The largest absolute Gasteiger partial charge is 0.573 e. The number of hydrogen-bond donors (Lipinski definition) is 1. The van der Waals surface area contributed by atoms with Crippen molar-refractivity contribution >= 4 is 17.6 Å². The molecule has 1 heterocycles. The molecule has 1 aromatic heterocycles. The van der Waals surface area contributed by atoms with E-state index in [1.165, 1.54) is 12.1 Å². The SMILES string of the molecule is COC(=O)c1noc(Cc2ccccc2)c1C(=O)Nc1ccc(OC(F)(F)F)cc1. The second-order valence-corrected chi connectivity index (χ2v) is 6.01. The standard InChI is InChI=1S/C20H15F3N2O5/c1-28-19(27)17-16(15(30-25-17)11-12-5-3-2-4-6-12)18(26)24-13-7-9-14(10-8-13)29-20(21,22)23/h2-10H,11H2,1H3,(H,24,26). The van der Waals surface area contributed by atoms with Gasteiger partial charge in [0.05, 0.1) is 7.11 Å². The summed E-state index contributed by atoms with van der Waals surface area (Å²) in [5.74, 6) is -1.90. The molecule has 0 radical (unpaired) electrons. The molecule has 3 rings (SSSR count). The number of hydrogen-bond acceptors (Lipinski definition) is 6. The first-order valence-corrected chi connectivity index (χ1v) is 8.55. The number of rotatable bonds is 6. The molecule has 2 aromatic carbocycles. The fourth-order valence-corrected chi connectivity index (χ4v) is 2.63. The molecule has 0 bridgehead atoms. The molecule has 0 unspecified atom stereocenters. The lowest BCUT2D eigenvalue weighted by molar-refractivity contribution is -0.274. The Labute approximate surface area is 168 Å². The number of alkyl halides is 3. The summed E-state index contributed by atoms with van der Waals surface area (Å²) in [6.07, 6.45) is -4.64. The van der Waals surface area contributed by atoms with Crippen molar-refractivity contribution in [2.75, 3.05) is 12.4 Å². The Morgan fingerprint density at radius 2 is 1.73 bits per heavy atom. The van der Waals surface area contributed by atoms with Gasteiger partial charge in [0.25, 0.3) is 5.91 Å². The monoisotopic (exact) mass is 420 g/mol. The van der Waals surface area contributed by atoms with E-state index in [1.54, 1.807) is 24.3 Å². The normalized spacial score (nSPS) is 11.1. The van der Waals surface area contributed by atoms with E-state index >= 15 is 0 Å². The summed E-state index contributed by atoms with van der Waals surface area (Å²) in [6, 6.07) is 13.6. The molecule has 156 valence electrons. The van der Waals surface area contributed by atoms with E-state index in [4.69, 9.17) is 4.52 Å². The number of carbonyl (C=O) groups is 2. The van der Waals surface area contributed by atoms with E-state index in [0.717, 1.165) is 24.8 Å². The van der Waals surface area contributed by atoms with Crippen LogP contribution in [0.2, 0.25) is 0 Å². The van der Waals surface area contributed by atoms with Gasteiger partial charge in [-0.15, -0.1) is 13.2 Å². The first-order valence-electron chi connectivity index (χ1n) is 8.55. The predicted molar refractivity (Wildman–Crippen MR) is 98.2 cm³/mol. The van der Waals surface area contributed by atoms with Crippen molar-refractivity contribution in [3.63, 3.8) is 0 Å². The molecule has 0 fully saturated rings. The van der Waals surface area contributed by atoms with Crippen LogP contribution < -0.4 is 10.1 Å². The molecule has 0 saturated heterocycles. The summed E-state index contributed by atoms with van der Waals surface area (Å²) in [5, 5.41) is 6.14. The number of nitrogens with one attached hydrogen (secondary N) is 1. The molecule has 3 aromatic rings. The molecule has 1 amide bonds. The zero-order valence-electron chi connectivity index (χ0n) is 15.5. The molecule has 10 heteroatoms. The minimum absolute atomic E-state index is 0.124. The first-order chi connectivity index (χ1) is 14.3. The number of anilines is 1. The van der Waals surface area contributed by atoms with Crippen molar-refractivity contribution in [2.45, 2.75) is 12.8 Å². The maximum atomic E-state index is 12.8. The topological polar surface area (TPSA) is 90.7 Å². The highest BCUT2D eigenvalue weighted by molar-refractivity contribution is 6.10. The maximum Gasteiger partial charge on any atom is 0.573 e. The zero-order valence-corrected chi connectivity index (χ0v) is 15.5. The highest BCUT2D eigenvalue weighted by Crippen LogP contribution is 2.25. The van der Waals surface area contributed by atoms with E-state index in [2.05, 4.69) is 19.9 Å². The van der Waals surface area contributed by atoms with Crippen LogP contribution in [0.25, 0.3) is 0 Å². The lowest BCUT2D eigenvalue weighted by Crippen LogP contribution is -2.18. The van der Waals surface area contributed by atoms with Crippen LogP contribution in [0.15, 0.2) is 59.1 Å². The third kappa shape index (κ3) is 5.16. The second kappa shape index (κ2) is 8.68. The van der Waals surface area contributed by atoms with Crippen LogP contribution >= 0.6 is 0 Å². The molecular formula is C20H15F3N2O5. The summed E-state index contributed by atoms with van der Waals surface area (Å²) in [4.78, 5) is 24.8. The Hall–Kier alpha value is -3.82. The molecule has 0 aliphatic carbocycles. The Morgan fingerprint density at radius 3 is 2.33 bits per heavy atom. The fourth-order valence-electron chi connectivity index (χ4n) is 2.63. The molecule has 0 aliphatic heterocycles. The molecule has 0 spiro atoms. The van der Waals surface area contributed by atoms with Crippen molar-refractivity contribution in [1.29, 1.82) is 0 Å². The number of methoxy groups -OCH3 is 1. The summed E-state index contributed by atoms with van der Waals surface area (Å²) in [7, 11) is 1.13. The number of nitrogens with zero attached hydrogens (tertiary/aromatic N) is 1. The average molecular weight is 420 g/mol. The molecule has 7 nitrogen and oxygen atoms in total. The van der Waals surface area contributed by atoms with Gasteiger partial charge in [-0.05, 0) is 29.8 Å². The third-order valence-corrected chi connectivity index (χ3v) is 3.92. The van der Waals surface area contributed by atoms with Gasteiger partial charge < -0.3 is 19.3 Å². The maximum absolute atomic E-state index is 12.8. The van der Waals surface area contributed by atoms with Crippen molar-refractivity contribution in [3.05, 3.63) is 77.2 Å². The smallest absolute Gasteiger partial charge is 0.464 e. The number of carbonyl (C=O) groups excluding carboxylic acids is 2. The predicted octanol–water partition coefficient (Wildman–Crippen LogP) is 4.20. The molecular weight excluding hydrogens is 405 g/mol. The van der Waals surface area contributed by atoms with Crippen LogP contribution in [-0.4, -0.2) is 30.5 Å². The highest BCUT2D eigenvalue weighted by Gasteiger charge is 2.31. The van der Waals surface area contributed by atoms with Crippen LogP contribution in [0.1, 0.15) is 32.2 Å². The van der Waals surface area contributed by atoms with E-state index in [1.807, 2.05) is 6.07 Å². The highest BCUT2D eigenvalue weighted by atomic mass is 19.4. The molecule has 0 saturated carbocycles. The van der Waals surface area contributed by atoms with Gasteiger partial charge in [0.1, 0.15) is 11.3 Å². The number of amides is 1. The average Bonchev–Trinajstić information content (AvgIpc) is 3.12. The van der Waals surface area contributed by atoms with E-state index in [-0.39, 0.29) is 29.1 Å². The molecule has 30 heavy (non-hydrogen) atoms. The van der Waals surface area contributed by atoms with Crippen LogP contribution in [0.3, 0.4) is 0 Å². The third-order valence-electron chi connectivity index (χ3n) is 3.92. The van der Waals surface area contributed by atoms with Crippen molar-refractivity contribution in [3.8, 4) is 5.75 Å². The quantitative estimate of drug-likeness (QED) is 0.601. The number of esters is 1. The number of halogens is 3. The van der Waals surface area contributed by atoms with Crippen LogP contribution in [0, 0.1) is 0 Å². The van der Waals surface area contributed by atoms with Gasteiger partial charge in [-0.2, -0.15) is 0 Å². The lowest BCUT2D eigenvalue weighted by Gasteiger charge is -2.10. The summed E-state index contributed by atoms with van der Waals surface area (Å²) < 4.78 is 50.4. The Bertz CT molecular complexity index is 1030. The van der Waals surface area contributed by atoms with Gasteiger partial charge in [-0.1, -0.05) is 35.5 Å². The van der Waals surface area contributed by atoms with E-state index in [9.17, 15) is 22.8 Å². The molecule has 0 aliphatic rings. The fraction of sp³-hybridized carbons (Fsp3) is 0.150. The van der Waals surface area contributed by atoms with Crippen molar-refractivity contribution in [2.24, 2.45) is 0 Å². The molecule has 0 atom stereocenters. The lowest BCUT2D eigenvalue weighted by atomic mass is 10.0. The minimum Gasteiger partial charge on any atom is -0.464 e. The first kappa shape index (κ1) is 20.9. The van der Waals surface area contributed by atoms with Crippen molar-refractivity contribution < 1.29 is 36.8 Å². The Kier molecular flexibility index (Phi) is 6.05. The van der Waals surface area contributed by atoms with Crippen LogP contribution in [0.4, 0.5) is 18.9 Å². The van der Waals surface area contributed by atoms with Crippen LogP contribution in [0.5, 0.6) is 5.75 Å². The summed E-state index contributed by atoms with van der Waals surface area (Å²) in [5.41, 5.74) is 0.559. The van der Waals surface area contributed by atoms with E-state index < -0.39 is 24.0 Å². The Balaban J connectivity index is 1.85. The van der Waals surface area contributed by atoms with Gasteiger partial charge in [0.2, 0.25) is 5.69 Å². The van der Waals surface area contributed by atoms with Gasteiger partial charge in [0, 0.05) is 12.1 Å². The molecule has 1 N–H and O–H groups in total. The summed E-state index contributed by atoms with van der Waals surface area (Å²) >= 11 is 0. The number of ether oxygens (including phenoxy) is 2. The van der Waals surface area contributed by atoms with Gasteiger partial charge in [0.15, 0.2) is 5.76 Å². The number of aromatic nitrogens is 1. The van der Waals surface area contributed by atoms with Crippen molar-refractivity contribution in [1.82, 2.24) is 5.16 Å². The van der Waals surface area contributed by atoms with Gasteiger partial charge in [-0.3, -0.25) is 4.79 Å².